The molecule has 0 bridgehead atoms. The normalized spacial score (nSPS) is 12.2. The van der Waals surface area contributed by atoms with Crippen LogP contribution in [-0.4, -0.2) is 11.2 Å². The maximum absolute atomic E-state index is 9.37. The lowest BCUT2D eigenvalue weighted by Gasteiger charge is -2.10. The smallest absolute Gasteiger partial charge is 0.134 e. The number of hydrogen-bond donors (Lipinski definition) is 1. The standard InChI is InChI=1S/C16H17BrO2/c1-12(18)9-14-7-8-16(15(17)10-14)19-11-13-5-3-2-4-6-13/h2-8,10,12,18H,9,11H2,1H3. The highest BCUT2D eigenvalue weighted by Gasteiger charge is 2.05. The van der Waals surface area contributed by atoms with Crippen molar-refractivity contribution < 1.29 is 9.84 Å². The molecule has 0 radical (unpaired) electrons. The molecule has 2 aromatic carbocycles. The van der Waals surface area contributed by atoms with E-state index in [0.29, 0.717) is 13.0 Å². The number of halogens is 1. The van der Waals surface area contributed by atoms with Gasteiger partial charge in [0.05, 0.1) is 10.6 Å². The SMILES string of the molecule is CC(O)Cc1ccc(OCc2ccccc2)c(Br)c1. The molecular weight excluding hydrogens is 304 g/mol. The molecule has 2 rings (SSSR count). The minimum Gasteiger partial charge on any atom is -0.488 e. The second-order valence-electron chi connectivity index (χ2n) is 4.59. The molecule has 1 unspecified atom stereocenters. The monoisotopic (exact) mass is 320 g/mol. The van der Waals surface area contributed by atoms with Gasteiger partial charge in [-0.05, 0) is 52.5 Å². The Bertz CT molecular complexity index is 524. The Balaban J connectivity index is 2.01. The van der Waals surface area contributed by atoms with Crippen molar-refractivity contribution in [2.24, 2.45) is 0 Å². The van der Waals surface area contributed by atoms with E-state index in [1.54, 1.807) is 6.92 Å². The van der Waals surface area contributed by atoms with Crippen LogP contribution in [0.3, 0.4) is 0 Å². The predicted octanol–water partition coefficient (Wildman–Crippen LogP) is 3.95. The van der Waals surface area contributed by atoms with Crippen LogP contribution in [0.5, 0.6) is 5.75 Å². The molecule has 0 spiro atoms. The third-order valence-corrected chi connectivity index (χ3v) is 3.38. The Morgan fingerprint density at radius 2 is 1.84 bits per heavy atom. The molecule has 3 heteroatoms. The molecule has 0 saturated heterocycles. The van der Waals surface area contributed by atoms with Gasteiger partial charge in [0.1, 0.15) is 12.4 Å². The quantitative estimate of drug-likeness (QED) is 0.903. The predicted molar refractivity (Wildman–Crippen MR) is 80.3 cm³/mol. The van der Waals surface area contributed by atoms with Crippen molar-refractivity contribution in [3.8, 4) is 5.75 Å². The highest BCUT2D eigenvalue weighted by molar-refractivity contribution is 9.10. The van der Waals surface area contributed by atoms with Crippen LogP contribution in [0.4, 0.5) is 0 Å². The van der Waals surface area contributed by atoms with Gasteiger partial charge in [-0.25, -0.2) is 0 Å². The molecule has 0 aliphatic carbocycles. The summed E-state index contributed by atoms with van der Waals surface area (Å²) in [6.45, 7) is 2.34. The molecule has 2 nitrogen and oxygen atoms in total. The average Bonchev–Trinajstić information content (AvgIpc) is 2.38. The van der Waals surface area contributed by atoms with Gasteiger partial charge in [0.15, 0.2) is 0 Å². The van der Waals surface area contributed by atoms with Crippen molar-refractivity contribution in [1.82, 2.24) is 0 Å². The van der Waals surface area contributed by atoms with E-state index in [4.69, 9.17) is 4.74 Å². The zero-order valence-corrected chi connectivity index (χ0v) is 12.4. The molecule has 19 heavy (non-hydrogen) atoms. The fraction of sp³-hybridized carbons (Fsp3) is 0.250. The van der Waals surface area contributed by atoms with E-state index >= 15 is 0 Å². The molecule has 0 amide bonds. The Hall–Kier alpha value is -1.32. The van der Waals surface area contributed by atoms with Crippen molar-refractivity contribution in [3.05, 3.63) is 64.1 Å². The van der Waals surface area contributed by atoms with Crippen LogP contribution in [0.15, 0.2) is 53.0 Å². The summed E-state index contributed by atoms with van der Waals surface area (Å²) in [4.78, 5) is 0. The largest absolute Gasteiger partial charge is 0.488 e. The maximum Gasteiger partial charge on any atom is 0.134 e. The first kappa shape index (κ1) is 14.1. The summed E-state index contributed by atoms with van der Waals surface area (Å²) in [5.41, 5.74) is 2.23. The molecular formula is C16H17BrO2. The van der Waals surface area contributed by atoms with Crippen molar-refractivity contribution in [3.63, 3.8) is 0 Å². The zero-order valence-electron chi connectivity index (χ0n) is 10.8. The first-order valence-corrected chi connectivity index (χ1v) is 7.07. The Kier molecular flexibility index (Phi) is 5.00. The fourth-order valence-corrected chi connectivity index (χ4v) is 2.41. The lowest BCUT2D eigenvalue weighted by Crippen LogP contribution is -2.04. The lowest BCUT2D eigenvalue weighted by molar-refractivity contribution is 0.195. The van der Waals surface area contributed by atoms with Gasteiger partial charge < -0.3 is 9.84 Å². The van der Waals surface area contributed by atoms with Crippen LogP contribution in [0.1, 0.15) is 18.1 Å². The zero-order chi connectivity index (χ0) is 13.7. The van der Waals surface area contributed by atoms with Gasteiger partial charge in [0, 0.05) is 0 Å². The van der Waals surface area contributed by atoms with E-state index in [9.17, 15) is 5.11 Å². The molecule has 1 N–H and O–H groups in total. The van der Waals surface area contributed by atoms with E-state index in [-0.39, 0.29) is 6.10 Å². The summed E-state index contributed by atoms with van der Waals surface area (Å²) < 4.78 is 6.69. The van der Waals surface area contributed by atoms with E-state index in [1.807, 2.05) is 48.5 Å². The van der Waals surface area contributed by atoms with Gasteiger partial charge >= 0.3 is 0 Å². The number of ether oxygens (including phenoxy) is 1. The van der Waals surface area contributed by atoms with Gasteiger partial charge in [-0.2, -0.15) is 0 Å². The Labute approximate surface area is 122 Å². The number of aliphatic hydroxyl groups is 1. The summed E-state index contributed by atoms with van der Waals surface area (Å²) >= 11 is 3.50. The van der Waals surface area contributed by atoms with Gasteiger partial charge in [-0.3, -0.25) is 0 Å². The molecule has 0 saturated carbocycles. The molecule has 0 aliphatic rings. The number of benzene rings is 2. The van der Waals surface area contributed by atoms with Crippen LogP contribution in [0, 0.1) is 0 Å². The lowest BCUT2D eigenvalue weighted by atomic mass is 10.1. The number of rotatable bonds is 5. The van der Waals surface area contributed by atoms with Gasteiger partial charge in [0.2, 0.25) is 0 Å². The second-order valence-corrected chi connectivity index (χ2v) is 5.45. The van der Waals surface area contributed by atoms with Crippen LogP contribution in [0.2, 0.25) is 0 Å². The highest BCUT2D eigenvalue weighted by atomic mass is 79.9. The summed E-state index contributed by atoms with van der Waals surface area (Å²) in [6, 6.07) is 16.0. The first-order valence-electron chi connectivity index (χ1n) is 6.28. The van der Waals surface area contributed by atoms with E-state index in [0.717, 1.165) is 21.3 Å². The Morgan fingerprint density at radius 3 is 2.47 bits per heavy atom. The van der Waals surface area contributed by atoms with Crippen LogP contribution < -0.4 is 4.74 Å². The molecule has 0 fully saturated rings. The molecule has 0 heterocycles. The third kappa shape index (κ3) is 4.37. The molecule has 0 aromatic heterocycles. The van der Waals surface area contributed by atoms with Gasteiger partial charge in [-0.1, -0.05) is 36.4 Å². The van der Waals surface area contributed by atoms with Crippen LogP contribution in [0.25, 0.3) is 0 Å². The summed E-state index contributed by atoms with van der Waals surface area (Å²) in [5, 5.41) is 9.37. The van der Waals surface area contributed by atoms with Crippen molar-refractivity contribution in [2.45, 2.75) is 26.1 Å². The van der Waals surface area contributed by atoms with E-state index < -0.39 is 0 Å². The van der Waals surface area contributed by atoms with Crippen LogP contribution in [-0.2, 0) is 13.0 Å². The molecule has 100 valence electrons. The first-order chi connectivity index (χ1) is 9.15. The minimum absolute atomic E-state index is 0.331. The van der Waals surface area contributed by atoms with Crippen LogP contribution >= 0.6 is 15.9 Å². The fourth-order valence-electron chi connectivity index (χ4n) is 1.86. The molecule has 2 aromatic rings. The average molecular weight is 321 g/mol. The highest BCUT2D eigenvalue weighted by Crippen LogP contribution is 2.27. The maximum atomic E-state index is 9.37. The summed E-state index contributed by atoms with van der Waals surface area (Å²) in [5.74, 6) is 0.818. The summed E-state index contributed by atoms with van der Waals surface area (Å²) in [6.07, 6.45) is 0.320. The van der Waals surface area contributed by atoms with Gasteiger partial charge in [-0.15, -0.1) is 0 Å². The van der Waals surface area contributed by atoms with E-state index in [2.05, 4.69) is 15.9 Å². The third-order valence-electron chi connectivity index (χ3n) is 2.76. The van der Waals surface area contributed by atoms with E-state index in [1.165, 1.54) is 0 Å². The second kappa shape index (κ2) is 6.73. The molecule has 0 aliphatic heterocycles. The van der Waals surface area contributed by atoms with Gasteiger partial charge in [0.25, 0.3) is 0 Å². The topological polar surface area (TPSA) is 29.5 Å². The van der Waals surface area contributed by atoms with Crippen molar-refractivity contribution in [1.29, 1.82) is 0 Å². The summed E-state index contributed by atoms with van der Waals surface area (Å²) in [7, 11) is 0. The minimum atomic E-state index is -0.331. The number of aliphatic hydroxyl groups excluding tert-OH is 1. The number of hydrogen-bond acceptors (Lipinski definition) is 2. The Morgan fingerprint density at radius 1 is 1.11 bits per heavy atom. The molecule has 1 atom stereocenters. The van der Waals surface area contributed by atoms with Crippen molar-refractivity contribution >= 4 is 15.9 Å². The van der Waals surface area contributed by atoms with Crippen molar-refractivity contribution in [2.75, 3.05) is 0 Å².